The van der Waals surface area contributed by atoms with Crippen LogP contribution < -0.4 is 5.32 Å². The minimum atomic E-state index is 0.0308. The molecule has 0 spiro atoms. The summed E-state index contributed by atoms with van der Waals surface area (Å²) in [5, 5.41) is 3.62. The Morgan fingerprint density at radius 3 is 2.05 bits per heavy atom. The Morgan fingerprint density at radius 1 is 1.00 bits per heavy atom. The Labute approximate surface area is 128 Å². The molecule has 0 radical (unpaired) electrons. The summed E-state index contributed by atoms with van der Waals surface area (Å²) in [6.07, 6.45) is 3.37. The van der Waals surface area contributed by atoms with Gasteiger partial charge in [0.25, 0.3) is 0 Å². The van der Waals surface area contributed by atoms with Crippen LogP contribution in [0.25, 0.3) is 0 Å². The van der Waals surface area contributed by atoms with E-state index in [1.54, 1.807) is 0 Å². The van der Waals surface area contributed by atoms with Gasteiger partial charge in [-0.3, -0.25) is 9.59 Å². The van der Waals surface area contributed by atoms with E-state index in [4.69, 9.17) is 0 Å². The summed E-state index contributed by atoms with van der Waals surface area (Å²) in [6.45, 7) is 12.2. The molecule has 0 aromatic rings. The summed E-state index contributed by atoms with van der Waals surface area (Å²) in [5.74, 6) is 0.203. The van der Waals surface area contributed by atoms with Gasteiger partial charge in [0, 0.05) is 23.1 Å². The second-order valence-corrected chi connectivity index (χ2v) is 7.47. The fourth-order valence-corrected chi connectivity index (χ4v) is 2.72. The van der Waals surface area contributed by atoms with E-state index in [9.17, 15) is 9.59 Å². The van der Waals surface area contributed by atoms with Crippen LogP contribution in [-0.2, 0) is 9.59 Å². The van der Waals surface area contributed by atoms with Gasteiger partial charge in [0.2, 0.25) is 5.91 Å². The number of rotatable bonds is 9. The van der Waals surface area contributed by atoms with Crippen molar-refractivity contribution in [1.82, 2.24) is 5.32 Å². The molecule has 1 N–H and O–H groups in total. The minimum Gasteiger partial charge on any atom is -0.353 e. The molecule has 118 valence electrons. The lowest BCUT2D eigenvalue weighted by Gasteiger charge is -2.20. The van der Waals surface area contributed by atoms with Gasteiger partial charge >= 0.3 is 0 Å². The highest BCUT2D eigenvalue weighted by Crippen LogP contribution is 2.23. The van der Waals surface area contributed by atoms with Crippen LogP contribution in [0.4, 0.5) is 0 Å². The van der Waals surface area contributed by atoms with Crippen LogP contribution in [0.15, 0.2) is 0 Å². The van der Waals surface area contributed by atoms with Gasteiger partial charge < -0.3 is 5.32 Å². The minimum absolute atomic E-state index is 0.0308. The van der Waals surface area contributed by atoms with E-state index in [-0.39, 0.29) is 28.9 Å². The highest BCUT2D eigenvalue weighted by molar-refractivity contribution is 8.14. The third-order valence-corrected chi connectivity index (χ3v) is 4.67. The van der Waals surface area contributed by atoms with Crippen molar-refractivity contribution in [2.45, 2.75) is 78.5 Å². The third-order valence-electron chi connectivity index (χ3n) is 3.57. The van der Waals surface area contributed by atoms with Crippen LogP contribution in [0, 0.1) is 11.8 Å². The molecule has 3 atom stereocenters. The third kappa shape index (κ3) is 7.93. The average molecular weight is 301 g/mol. The van der Waals surface area contributed by atoms with E-state index in [0.29, 0.717) is 5.25 Å². The van der Waals surface area contributed by atoms with Gasteiger partial charge in [-0.1, -0.05) is 46.4 Å². The summed E-state index contributed by atoms with van der Waals surface area (Å²) in [5.41, 5.74) is 0. The van der Waals surface area contributed by atoms with Crippen molar-refractivity contribution in [1.29, 1.82) is 0 Å². The van der Waals surface area contributed by atoms with E-state index in [1.165, 1.54) is 11.8 Å². The zero-order chi connectivity index (χ0) is 15.7. The lowest BCUT2D eigenvalue weighted by Crippen LogP contribution is -2.37. The maximum absolute atomic E-state index is 12.1. The molecule has 0 aliphatic heterocycles. The number of hydrogen-bond acceptors (Lipinski definition) is 3. The number of carbonyl (C=O) groups excluding carboxylic acids is 2. The Morgan fingerprint density at radius 2 is 1.60 bits per heavy atom. The first-order valence-electron chi connectivity index (χ1n) is 7.82. The largest absolute Gasteiger partial charge is 0.353 e. The molecule has 0 rings (SSSR count). The molecular formula is C16H31NO2S. The summed E-state index contributed by atoms with van der Waals surface area (Å²) in [6, 6.07) is 0.229. The first-order chi connectivity index (χ1) is 9.31. The Kier molecular flexibility index (Phi) is 9.99. The second-order valence-electron chi connectivity index (χ2n) is 5.89. The Balaban J connectivity index is 4.24. The molecule has 0 fully saturated rings. The second kappa shape index (κ2) is 10.3. The number of amides is 1. The molecule has 3 nitrogen and oxygen atoms in total. The lowest BCUT2D eigenvalue weighted by atomic mass is 9.94. The van der Waals surface area contributed by atoms with Gasteiger partial charge in [-0.25, -0.2) is 0 Å². The Bertz CT molecular complexity index is 305. The van der Waals surface area contributed by atoms with Crippen LogP contribution in [0.5, 0.6) is 0 Å². The van der Waals surface area contributed by atoms with Gasteiger partial charge in [-0.05, 0) is 32.6 Å². The van der Waals surface area contributed by atoms with Crippen LogP contribution in [0.1, 0.15) is 67.2 Å². The fraction of sp³-hybridized carbons (Fsp3) is 0.875. The fourth-order valence-electron chi connectivity index (χ4n) is 1.90. The molecule has 0 aromatic heterocycles. The van der Waals surface area contributed by atoms with Crippen LogP contribution in [0.3, 0.4) is 0 Å². The number of carbonyl (C=O) groups is 2. The molecule has 0 heterocycles. The number of thioether (sulfide) groups is 1. The van der Waals surface area contributed by atoms with Crippen LogP contribution in [-0.4, -0.2) is 22.3 Å². The highest BCUT2D eigenvalue weighted by Gasteiger charge is 2.21. The van der Waals surface area contributed by atoms with Crippen molar-refractivity contribution in [3.63, 3.8) is 0 Å². The van der Waals surface area contributed by atoms with Gasteiger partial charge in [0.05, 0.1) is 0 Å². The van der Waals surface area contributed by atoms with E-state index >= 15 is 0 Å². The molecule has 0 aliphatic carbocycles. The van der Waals surface area contributed by atoms with Crippen LogP contribution in [0.2, 0.25) is 0 Å². The van der Waals surface area contributed by atoms with Gasteiger partial charge in [0.1, 0.15) is 0 Å². The molecule has 20 heavy (non-hydrogen) atoms. The lowest BCUT2D eigenvalue weighted by molar-refractivity contribution is -0.126. The zero-order valence-corrected chi connectivity index (χ0v) is 14.7. The predicted molar refractivity (Wildman–Crippen MR) is 87.8 cm³/mol. The maximum atomic E-state index is 12.1. The zero-order valence-electron chi connectivity index (χ0n) is 13.9. The van der Waals surface area contributed by atoms with Crippen molar-refractivity contribution in [3.8, 4) is 0 Å². The first-order valence-corrected chi connectivity index (χ1v) is 8.70. The van der Waals surface area contributed by atoms with Crippen LogP contribution >= 0.6 is 11.8 Å². The quantitative estimate of drug-likeness (QED) is 0.700. The standard InChI is InChI=1S/C16H31NO2S/c1-7-13(6)17-15(18)14(8-2)10-9-12(5)16(19)20-11(3)4/h11-14H,7-10H2,1-6H3,(H,17,18). The summed E-state index contributed by atoms with van der Waals surface area (Å²) in [4.78, 5) is 24.0. The highest BCUT2D eigenvalue weighted by atomic mass is 32.2. The van der Waals surface area contributed by atoms with Gasteiger partial charge in [-0.15, -0.1) is 0 Å². The molecule has 0 bridgehead atoms. The summed E-state index contributed by atoms with van der Waals surface area (Å²) >= 11 is 1.40. The van der Waals surface area contributed by atoms with Gasteiger partial charge in [-0.2, -0.15) is 0 Å². The van der Waals surface area contributed by atoms with Gasteiger partial charge in [0.15, 0.2) is 5.12 Å². The molecule has 0 saturated carbocycles. The average Bonchev–Trinajstić information content (AvgIpc) is 2.37. The van der Waals surface area contributed by atoms with E-state index in [0.717, 1.165) is 25.7 Å². The summed E-state index contributed by atoms with van der Waals surface area (Å²) in [7, 11) is 0. The van der Waals surface area contributed by atoms with Crippen molar-refractivity contribution in [3.05, 3.63) is 0 Å². The molecule has 4 heteroatoms. The first kappa shape index (κ1) is 19.5. The monoisotopic (exact) mass is 301 g/mol. The molecule has 0 aromatic carbocycles. The van der Waals surface area contributed by atoms with Crippen molar-refractivity contribution >= 4 is 22.8 Å². The van der Waals surface area contributed by atoms with Crippen molar-refractivity contribution in [2.75, 3.05) is 0 Å². The summed E-state index contributed by atoms with van der Waals surface area (Å²) < 4.78 is 0. The van der Waals surface area contributed by atoms with Crippen molar-refractivity contribution in [2.24, 2.45) is 11.8 Å². The number of hydrogen-bond donors (Lipinski definition) is 1. The SMILES string of the molecule is CCC(C)NC(=O)C(CC)CCC(C)C(=O)SC(C)C. The Hall–Kier alpha value is -0.510. The van der Waals surface area contributed by atoms with E-state index in [1.807, 2.05) is 34.6 Å². The molecule has 1 amide bonds. The molecule has 0 saturated heterocycles. The van der Waals surface area contributed by atoms with E-state index in [2.05, 4.69) is 12.2 Å². The van der Waals surface area contributed by atoms with Crippen molar-refractivity contribution < 1.29 is 9.59 Å². The molecular weight excluding hydrogens is 270 g/mol. The molecule has 0 aliphatic rings. The number of nitrogens with one attached hydrogen (secondary N) is 1. The normalized spacial score (nSPS) is 15.8. The van der Waals surface area contributed by atoms with E-state index < -0.39 is 0 Å². The topological polar surface area (TPSA) is 46.2 Å². The smallest absolute Gasteiger partial charge is 0.223 e. The predicted octanol–water partition coefficient (Wildman–Crippen LogP) is 4.01. The maximum Gasteiger partial charge on any atom is 0.223 e. The molecule has 3 unspecified atom stereocenters.